The zero-order valence-electron chi connectivity index (χ0n) is 9.20. The van der Waals surface area contributed by atoms with Crippen LogP contribution in [-0.2, 0) is 10.2 Å². The lowest BCUT2D eigenvalue weighted by molar-refractivity contribution is -0.128. The van der Waals surface area contributed by atoms with E-state index < -0.39 is 5.97 Å². The van der Waals surface area contributed by atoms with Gasteiger partial charge in [-0.05, 0) is 23.1 Å². The van der Waals surface area contributed by atoms with Crippen molar-refractivity contribution in [3.05, 3.63) is 29.8 Å². The first-order valence-electron chi connectivity index (χ1n) is 4.72. The number of hydrogen-bond donors (Lipinski definition) is 0. The van der Waals surface area contributed by atoms with Crippen LogP contribution in [0.25, 0.3) is 0 Å². The fourth-order valence-electron chi connectivity index (χ4n) is 1.16. The van der Waals surface area contributed by atoms with E-state index >= 15 is 0 Å². The van der Waals surface area contributed by atoms with Crippen LogP contribution in [0.3, 0.4) is 0 Å². The van der Waals surface area contributed by atoms with E-state index in [4.69, 9.17) is 11.2 Å². The molecule has 0 aliphatic carbocycles. The Morgan fingerprint density at radius 1 is 1.27 bits per heavy atom. The van der Waals surface area contributed by atoms with Gasteiger partial charge in [-0.25, -0.2) is 4.79 Å². The number of carbonyl (C=O) groups is 1. The summed E-state index contributed by atoms with van der Waals surface area (Å²) in [6.07, 6.45) is 4.89. The molecule has 1 aromatic carbocycles. The number of benzene rings is 1. The van der Waals surface area contributed by atoms with Crippen LogP contribution in [0, 0.1) is 12.3 Å². The first-order chi connectivity index (χ1) is 6.93. The van der Waals surface area contributed by atoms with E-state index in [1.54, 1.807) is 12.1 Å². The molecular weight excluding hydrogens is 188 g/mol. The van der Waals surface area contributed by atoms with Crippen molar-refractivity contribution in [2.24, 2.45) is 0 Å². The van der Waals surface area contributed by atoms with Gasteiger partial charge in [-0.2, -0.15) is 0 Å². The molecule has 0 saturated carbocycles. The van der Waals surface area contributed by atoms with Gasteiger partial charge in [0, 0.05) is 5.92 Å². The lowest BCUT2D eigenvalue weighted by Gasteiger charge is -2.18. The maximum Gasteiger partial charge on any atom is 0.389 e. The highest BCUT2D eigenvalue weighted by atomic mass is 16.5. The Balaban J connectivity index is 2.83. The summed E-state index contributed by atoms with van der Waals surface area (Å²) in [5.41, 5.74) is 1.28. The molecule has 0 saturated heterocycles. The molecule has 0 aliphatic heterocycles. The van der Waals surface area contributed by atoms with Crippen LogP contribution >= 0.6 is 0 Å². The van der Waals surface area contributed by atoms with E-state index in [0.29, 0.717) is 5.75 Å². The molecule has 0 atom stereocenters. The molecule has 0 fully saturated rings. The molecule has 0 bridgehead atoms. The highest BCUT2D eigenvalue weighted by Gasteiger charge is 2.13. The summed E-state index contributed by atoms with van der Waals surface area (Å²) in [5, 5.41) is 0. The van der Waals surface area contributed by atoms with E-state index in [-0.39, 0.29) is 5.41 Å². The molecule has 0 aromatic heterocycles. The van der Waals surface area contributed by atoms with Crippen molar-refractivity contribution in [2.75, 3.05) is 0 Å². The van der Waals surface area contributed by atoms with Crippen molar-refractivity contribution in [1.29, 1.82) is 0 Å². The Hall–Kier alpha value is -1.75. The minimum Gasteiger partial charge on any atom is -0.417 e. The second-order valence-corrected chi connectivity index (χ2v) is 4.31. The smallest absolute Gasteiger partial charge is 0.389 e. The number of hydrogen-bond acceptors (Lipinski definition) is 2. The fraction of sp³-hybridized carbons (Fsp3) is 0.308. The van der Waals surface area contributed by atoms with Crippen molar-refractivity contribution < 1.29 is 9.53 Å². The maximum absolute atomic E-state index is 10.8. The SMILES string of the molecule is C#CC(=O)Oc1ccc(C(C)(C)C)cc1. The van der Waals surface area contributed by atoms with Crippen LogP contribution in [-0.4, -0.2) is 5.97 Å². The summed E-state index contributed by atoms with van der Waals surface area (Å²) in [4.78, 5) is 10.8. The normalized spacial score (nSPS) is 10.5. The standard InChI is InChI=1S/C13H14O2/c1-5-12(14)15-11-8-6-10(7-9-11)13(2,3)4/h1,6-9H,2-4H3. The monoisotopic (exact) mass is 202 g/mol. The van der Waals surface area contributed by atoms with Crippen LogP contribution in [0.1, 0.15) is 26.3 Å². The van der Waals surface area contributed by atoms with E-state index in [1.807, 2.05) is 18.1 Å². The summed E-state index contributed by atoms with van der Waals surface area (Å²) < 4.78 is 4.86. The Morgan fingerprint density at radius 3 is 2.20 bits per heavy atom. The largest absolute Gasteiger partial charge is 0.417 e. The van der Waals surface area contributed by atoms with Gasteiger partial charge in [0.2, 0.25) is 0 Å². The molecule has 2 heteroatoms. The quantitative estimate of drug-likeness (QED) is 0.303. The number of carbonyl (C=O) groups excluding carboxylic acids is 1. The van der Waals surface area contributed by atoms with E-state index in [0.717, 1.165) is 0 Å². The van der Waals surface area contributed by atoms with Gasteiger partial charge in [0.25, 0.3) is 0 Å². The van der Waals surface area contributed by atoms with Crippen LogP contribution in [0.4, 0.5) is 0 Å². The highest BCUT2D eigenvalue weighted by Crippen LogP contribution is 2.24. The minimum absolute atomic E-state index is 0.0919. The molecular formula is C13H14O2. The molecule has 0 radical (unpaired) electrons. The Morgan fingerprint density at radius 2 is 1.80 bits per heavy atom. The second-order valence-electron chi connectivity index (χ2n) is 4.31. The lowest BCUT2D eigenvalue weighted by Crippen LogP contribution is -2.11. The Bertz CT molecular complexity index is 388. The van der Waals surface area contributed by atoms with Gasteiger partial charge >= 0.3 is 5.97 Å². The molecule has 1 aromatic rings. The van der Waals surface area contributed by atoms with Gasteiger partial charge in [-0.1, -0.05) is 32.9 Å². The molecule has 0 heterocycles. The third kappa shape index (κ3) is 3.14. The van der Waals surface area contributed by atoms with Crippen LogP contribution < -0.4 is 4.74 Å². The summed E-state index contributed by atoms with van der Waals surface area (Å²) in [6.45, 7) is 6.36. The van der Waals surface area contributed by atoms with Gasteiger partial charge in [0.15, 0.2) is 0 Å². The third-order valence-corrected chi connectivity index (χ3v) is 2.05. The van der Waals surface area contributed by atoms with E-state index in [2.05, 4.69) is 20.8 Å². The van der Waals surface area contributed by atoms with Crippen LogP contribution in [0.15, 0.2) is 24.3 Å². The zero-order chi connectivity index (χ0) is 11.5. The number of rotatable bonds is 1. The maximum atomic E-state index is 10.8. The molecule has 15 heavy (non-hydrogen) atoms. The number of esters is 1. The average molecular weight is 202 g/mol. The highest BCUT2D eigenvalue weighted by molar-refractivity contribution is 5.89. The first kappa shape index (κ1) is 11.3. The van der Waals surface area contributed by atoms with Crippen LogP contribution in [0.5, 0.6) is 5.75 Å². The molecule has 0 aliphatic rings. The fourth-order valence-corrected chi connectivity index (χ4v) is 1.16. The number of terminal acetylenes is 1. The van der Waals surface area contributed by atoms with Crippen molar-refractivity contribution in [3.8, 4) is 18.1 Å². The van der Waals surface area contributed by atoms with Crippen molar-refractivity contribution in [1.82, 2.24) is 0 Å². The van der Waals surface area contributed by atoms with Gasteiger partial charge in [0.1, 0.15) is 5.75 Å². The average Bonchev–Trinajstić information content (AvgIpc) is 2.17. The number of ether oxygens (including phenoxy) is 1. The molecule has 0 N–H and O–H groups in total. The second kappa shape index (κ2) is 4.18. The van der Waals surface area contributed by atoms with Gasteiger partial charge in [-0.3, -0.25) is 0 Å². The lowest BCUT2D eigenvalue weighted by atomic mass is 9.87. The zero-order valence-corrected chi connectivity index (χ0v) is 9.20. The molecule has 0 amide bonds. The molecule has 0 spiro atoms. The summed E-state index contributed by atoms with van der Waals surface area (Å²) in [7, 11) is 0. The minimum atomic E-state index is -0.668. The van der Waals surface area contributed by atoms with E-state index in [1.165, 1.54) is 5.56 Å². The predicted molar refractivity (Wildman–Crippen MR) is 59.6 cm³/mol. The molecule has 78 valence electrons. The predicted octanol–water partition coefficient (Wildman–Crippen LogP) is 2.52. The Labute approximate surface area is 90.3 Å². The Kier molecular flexibility index (Phi) is 3.16. The third-order valence-electron chi connectivity index (χ3n) is 2.05. The molecule has 0 unspecified atom stereocenters. The van der Waals surface area contributed by atoms with Crippen molar-refractivity contribution in [3.63, 3.8) is 0 Å². The molecule has 1 rings (SSSR count). The van der Waals surface area contributed by atoms with Crippen molar-refractivity contribution in [2.45, 2.75) is 26.2 Å². The van der Waals surface area contributed by atoms with Gasteiger partial charge in [0.05, 0.1) is 0 Å². The first-order valence-corrected chi connectivity index (χ1v) is 4.72. The summed E-state index contributed by atoms with van der Waals surface area (Å²) in [6, 6.07) is 7.35. The van der Waals surface area contributed by atoms with Gasteiger partial charge < -0.3 is 4.74 Å². The summed E-state index contributed by atoms with van der Waals surface area (Å²) >= 11 is 0. The van der Waals surface area contributed by atoms with Crippen molar-refractivity contribution >= 4 is 5.97 Å². The van der Waals surface area contributed by atoms with E-state index in [9.17, 15) is 4.79 Å². The topological polar surface area (TPSA) is 26.3 Å². The van der Waals surface area contributed by atoms with Gasteiger partial charge in [-0.15, -0.1) is 6.42 Å². The van der Waals surface area contributed by atoms with Crippen LogP contribution in [0.2, 0.25) is 0 Å². The summed E-state index contributed by atoms with van der Waals surface area (Å²) in [5.74, 6) is 1.71. The molecule has 2 nitrogen and oxygen atoms in total.